The van der Waals surface area contributed by atoms with Crippen LogP contribution in [0.1, 0.15) is 53.2 Å². The molecule has 0 aliphatic heterocycles. The van der Waals surface area contributed by atoms with Crippen LogP contribution in [0.3, 0.4) is 0 Å². The van der Waals surface area contributed by atoms with Crippen LogP contribution in [0.15, 0.2) is 59.6 Å². The number of hydrogen-bond acceptors (Lipinski definition) is 8. The van der Waals surface area contributed by atoms with Crippen LogP contribution in [0.4, 0.5) is 17.2 Å². The van der Waals surface area contributed by atoms with Gasteiger partial charge in [0.15, 0.2) is 0 Å². The molecule has 1 amide bonds. The minimum atomic E-state index is -4.09. The number of nitro benzene ring substituents is 1. The van der Waals surface area contributed by atoms with Gasteiger partial charge in [-0.1, -0.05) is 32.0 Å². The molecule has 0 aliphatic carbocycles. The number of nitro groups is 1. The second-order valence-corrected chi connectivity index (χ2v) is 11.5. The van der Waals surface area contributed by atoms with Crippen molar-refractivity contribution in [3.05, 3.63) is 87.1 Å². The number of nitrogens with zero attached hydrogens (tertiary/aromatic N) is 3. The number of hydrogen-bond donors (Lipinski definition) is 3. The van der Waals surface area contributed by atoms with Crippen molar-refractivity contribution >= 4 is 33.1 Å². The van der Waals surface area contributed by atoms with Gasteiger partial charge in [0.05, 0.1) is 9.82 Å². The molecule has 1 unspecified atom stereocenters. The highest BCUT2D eigenvalue weighted by atomic mass is 32.2. The Morgan fingerprint density at radius 3 is 2.52 bits per heavy atom. The number of pyridine rings is 1. The first-order chi connectivity index (χ1) is 18.9. The van der Waals surface area contributed by atoms with E-state index in [-0.39, 0.29) is 40.2 Å². The zero-order valence-electron chi connectivity index (χ0n) is 23.4. The fraction of sp³-hybridized carbons (Fsp3) is 0.357. The van der Waals surface area contributed by atoms with Gasteiger partial charge in [0, 0.05) is 51.1 Å². The molecule has 1 atom stereocenters. The Kier molecular flexibility index (Phi) is 10.2. The number of sulfonamides is 1. The summed E-state index contributed by atoms with van der Waals surface area (Å²) in [5, 5.41) is 17.9. The summed E-state index contributed by atoms with van der Waals surface area (Å²) in [7, 11) is -0.283. The third-order valence-electron chi connectivity index (χ3n) is 6.44. The number of amides is 1. The van der Waals surface area contributed by atoms with E-state index in [2.05, 4.69) is 20.3 Å². The summed E-state index contributed by atoms with van der Waals surface area (Å²) in [6.07, 6.45) is 2.57. The minimum Gasteiger partial charge on any atom is -0.379 e. The van der Waals surface area contributed by atoms with Crippen molar-refractivity contribution in [2.24, 2.45) is 0 Å². The Hall–Kier alpha value is -4.03. The van der Waals surface area contributed by atoms with Crippen LogP contribution in [-0.4, -0.2) is 51.4 Å². The molecule has 0 bridgehead atoms. The van der Waals surface area contributed by atoms with Gasteiger partial charge >= 0.3 is 0 Å². The number of anilines is 2. The maximum atomic E-state index is 13.2. The summed E-state index contributed by atoms with van der Waals surface area (Å²) in [6.45, 7) is 6.19. The fourth-order valence-electron chi connectivity index (χ4n) is 4.10. The third kappa shape index (κ3) is 7.54. The lowest BCUT2D eigenvalue weighted by Gasteiger charge is -2.17. The lowest BCUT2D eigenvalue weighted by molar-refractivity contribution is -0.384. The van der Waals surface area contributed by atoms with Crippen molar-refractivity contribution < 1.29 is 18.1 Å². The molecule has 0 aliphatic rings. The summed E-state index contributed by atoms with van der Waals surface area (Å²) in [6, 6.07) is 13.3. The van der Waals surface area contributed by atoms with Gasteiger partial charge in [0.25, 0.3) is 11.6 Å². The first kappa shape index (κ1) is 30.5. The average Bonchev–Trinajstić information content (AvgIpc) is 2.93. The van der Waals surface area contributed by atoms with Gasteiger partial charge < -0.3 is 15.5 Å². The van der Waals surface area contributed by atoms with E-state index >= 15 is 0 Å². The molecule has 1 heterocycles. The minimum absolute atomic E-state index is 0.00600. The number of benzene rings is 2. The van der Waals surface area contributed by atoms with Crippen molar-refractivity contribution in [2.75, 3.05) is 37.4 Å². The lowest BCUT2D eigenvalue weighted by atomic mass is 10.0. The smallest absolute Gasteiger partial charge is 0.296 e. The van der Waals surface area contributed by atoms with Gasteiger partial charge in [-0.15, -0.1) is 0 Å². The van der Waals surface area contributed by atoms with E-state index in [9.17, 15) is 23.3 Å². The summed E-state index contributed by atoms with van der Waals surface area (Å²) >= 11 is 0. The number of carbonyl (C=O) groups excluding carboxylic acids is 1. The maximum Gasteiger partial charge on any atom is 0.296 e. The zero-order valence-corrected chi connectivity index (χ0v) is 24.2. The standard InChI is InChI=1S/C28H36N6O5S/c1-6-14-29-28(35)22-9-7-8-21(15-22)17-32-40(38,39)25-12-11-24(27(20(25)3)34(36)37)30-16-19(2)23-10-13-26(31-18-23)33(4)5/h7-13,15,18-19,30,32H,6,14,16-17H2,1-5H3,(H,29,35). The Labute approximate surface area is 235 Å². The lowest BCUT2D eigenvalue weighted by Crippen LogP contribution is -2.26. The first-order valence-corrected chi connectivity index (χ1v) is 14.4. The van der Waals surface area contributed by atoms with Crippen molar-refractivity contribution in [3.63, 3.8) is 0 Å². The largest absolute Gasteiger partial charge is 0.379 e. The molecule has 2 aromatic carbocycles. The van der Waals surface area contributed by atoms with Crippen molar-refractivity contribution in [1.29, 1.82) is 0 Å². The molecule has 1 aromatic heterocycles. The van der Waals surface area contributed by atoms with Gasteiger partial charge in [0.1, 0.15) is 11.5 Å². The van der Waals surface area contributed by atoms with Crippen LogP contribution in [0, 0.1) is 17.0 Å². The van der Waals surface area contributed by atoms with E-state index in [4.69, 9.17) is 0 Å². The molecule has 3 rings (SSSR count). The van der Waals surface area contributed by atoms with E-state index in [0.717, 1.165) is 17.8 Å². The highest BCUT2D eigenvalue weighted by Crippen LogP contribution is 2.33. The zero-order chi connectivity index (χ0) is 29.4. The molecular formula is C28H36N6O5S. The molecule has 12 heteroatoms. The second kappa shape index (κ2) is 13.4. The Bertz CT molecular complexity index is 1460. The predicted molar refractivity (Wildman–Crippen MR) is 156 cm³/mol. The molecule has 3 N–H and O–H groups in total. The Morgan fingerprint density at radius 1 is 1.15 bits per heavy atom. The number of nitrogens with one attached hydrogen (secondary N) is 3. The summed E-state index contributed by atoms with van der Waals surface area (Å²) in [4.78, 5) is 29.8. The van der Waals surface area contributed by atoms with Crippen LogP contribution in [-0.2, 0) is 16.6 Å². The van der Waals surface area contributed by atoms with Gasteiger partial charge in [-0.2, -0.15) is 0 Å². The topological polar surface area (TPSA) is 147 Å². The van der Waals surface area contributed by atoms with Gasteiger partial charge in [0.2, 0.25) is 10.0 Å². The molecule has 214 valence electrons. The van der Waals surface area contributed by atoms with Crippen molar-refractivity contribution in [3.8, 4) is 0 Å². The summed E-state index contributed by atoms with van der Waals surface area (Å²) in [5.41, 5.74) is 1.93. The molecule has 0 saturated heterocycles. The first-order valence-electron chi connectivity index (χ1n) is 13.0. The van der Waals surface area contributed by atoms with Crippen LogP contribution < -0.4 is 20.3 Å². The number of carbonyl (C=O) groups is 1. The van der Waals surface area contributed by atoms with Crippen molar-refractivity contribution in [2.45, 2.75) is 44.6 Å². The molecule has 40 heavy (non-hydrogen) atoms. The van der Waals surface area contributed by atoms with E-state index in [1.165, 1.54) is 19.1 Å². The average molecular weight is 569 g/mol. The molecule has 11 nitrogen and oxygen atoms in total. The molecule has 3 aromatic rings. The van der Waals surface area contributed by atoms with Crippen LogP contribution in [0.2, 0.25) is 0 Å². The van der Waals surface area contributed by atoms with Crippen molar-refractivity contribution in [1.82, 2.24) is 15.0 Å². The van der Waals surface area contributed by atoms with Crippen LogP contribution >= 0.6 is 0 Å². The second-order valence-electron chi connectivity index (χ2n) is 9.75. The highest BCUT2D eigenvalue weighted by Gasteiger charge is 2.27. The molecule has 0 saturated carbocycles. The molecule has 0 fully saturated rings. The maximum absolute atomic E-state index is 13.2. The van der Waals surface area contributed by atoms with Gasteiger partial charge in [-0.25, -0.2) is 18.1 Å². The monoisotopic (exact) mass is 568 g/mol. The Morgan fingerprint density at radius 2 is 1.90 bits per heavy atom. The van der Waals surface area contributed by atoms with E-state index in [1.807, 2.05) is 45.0 Å². The predicted octanol–water partition coefficient (Wildman–Crippen LogP) is 4.20. The van der Waals surface area contributed by atoms with E-state index in [1.54, 1.807) is 30.5 Å². The van der Waals surface area contributed by atoms with Gasteiger partial charge in [-0.05, 0) is 60.7 Å². The van der Waals surface area contributed by atoms with Gasteiger partial charge in [-0.3, -0.25) is 14.9 Å². The normalized spacial score (nSPS) is 12.0. The van der Waals surface area contributed by atoms with Crippen LogP contribution in [0.25, 0.3) is 0 Å². The fourth-order valence-corrected chi connectivity index (χ4v) is 5.36. The summed E-state index contributed by atoms with van der Waals surface area (Å²) in [5.74, 6) is 0.580. The number of aromatic nitrogens is 1. The van der Waals surface area contributed by atoms with E-state index in [0.29, 0.717) is 24.2 Å². The Balaban J connectivity index is 1.75. The third-order valence-corrected chi connectivity index (χ3v) is 7.99. The summed E-state index contributed by atoms with van der Waals surface area (Å²) < 4.78 is 28.8. The number of rotatable bonds is 13. The molecular weight excluding hydrogens is 532 g/mol. The van der Waals surface area contributed by atoms with Crippen LogP contribution in [0.5, 0.6) is 0 Å². The van der Waals surface area contributed by atoms with E-state index < -0.39 is 14.9 Å². The highest BCUT2D eigenvalue weighted by molar-refractivity contribution is 7.89. The SMILES string of the molecule is CCCNC(=O)c1cccc(CNS(=O)(=O)c2ccc(NCC(C)c3ccc(N(C)C)nc3)c([N+](=O)[O-])c2C)c1. The molecule has 0 radical (unpaired) electrons. The molecule has 0 spiro atoms. The quantitative estimate of drug-likeness (QED) is 0.205.